The predicted molar refractivity (Wildman–Crippen MR) is 69.6 cm³/mol. The molecule has 1 aromatic carbocycles. The van der Waals surface area contributed by atoms with Crippen LogP contribution in [0.2, 0.25) is 0 Å². The summed E-state index contributed by atoms with van der Waals surface area (Å²) in [5.41, 5.74) is 0.562. The average Bonchev–Trinajstić information content (AvgIpc) is 2.37. The number of hydrogen-bond acceptors (Lipinski definition) is 4. The second-order valence-electron chi connectivity index (χ2n) is 4.82. The standard InChI is InChI=1S/C14H20O4/c1-14(2,9-15)8-10-6-11(16-3)13(18-5)12(7-10)17-4/h6-7,9H,8H2,1-5H3. The van der Waals surface area contributed by atoms with Crippen molar-refractivity contribution in [3.63, 3.8) is 0 Å². The minimum Gasteiger partial charge on any atom is -0.493 e. The molecule has 0 N–H and O–H groups in total. The summed E-state index contributed by atoms with van der Waals surface area (Å²) >= 11 is 0. The number of carbonyl (C=O) groups excluding carboxylic acids is 1. The largest absolute Gasteiger partial charge is 0.493 e. The molecule has 1 rings (SSSR count). The molecular formula is C14H20O4. The molecule has 0 atom stereocenters. The summed E-state index contributed by atoms with van der Waals surface area (Å²) < 4.78 is 15.8. The quantitative estimate of drug-likeness (QED) is 0.730. The van der Waals surface area contributed by atoms with Crippen LogP contribution in [-0.4, -0.2) is 27.6 Å². The lowest BCUT2D eigenvalue weighted by atomic mass is 9.87. The van der Waals surface area contributed by atoms with Gasteiger partial charge in [-0.15, -0.1) is 0 Å². The predicted octanol–water partition coefficient (Wildman–Crippen LogP) is 2.48. The highest BCUT2D eigenvalue weighted by Crippen LogP contribution is 2.39. The number of rotatable bonds is 6. The molecule has 0 saturated heterocycles. The molecule has 0 bridgehead atoms. The molecule has 0 spiro atoms. The molecule has 100 valence electrons. The Bertz CT molecular complexity index is 399. The Hall–Kier alpha value is -1.71. The van der Waals surface area contributed by atoms with Gasteiger partial charge in [0.25, 0.3) is 0 Å². The van der Waals surface area contributed by atoms with E-state index in [-0.39, 0.29) is 0 Å². The molecule has 0 aliphatic heterocycles. The van der Waals surface area contributed by atoms with E-state index in [1.165, 1.54) is 0 Å². The Labute approximate surface area is 108 Å². The number of carbonyl (C=O) groups is 1. The molecule has 0 heterocycles. The fourth-order valence-electron chi connectivity index (χ4n) is 1.81. The highest BCUT2D eigenvalue weighted by molar-refractivity contribution is 5.60. The van der Waals surface area contributed by atoms with Crippen molar-refractivity contribution in [1.29, 1.82) is 0 Å². The molecular weight excluding hydrogens is 232 g/mol. The first-order valence-electron chi connectivity index (χ1n) is 5.72. The van der Waals surface area contributed by atoms with Gasteiger partial charge in [0.1, 0.15) is 6.29 Å². The smallest absolute Gasteiger partial charge is 0.203 e. The van der Waals surface area contributed by atoms with E-state index in [2.05, 4.69) is 0 Å². The molecule has 0 radical (unpaired) electrons. The molecule has 0 aromatic heterocycles. The Morgan fingerprint density at radius 1 is 1.06 bits per heavy atom. The van der Waals surface area contributed by atoms with E-state index >= 15 is 0 Å². The van der Waals surface area contributed by atoms with Crippen LogP contribution in [0.5, 0.6) is 17.2 Å². The van der Waals surface area contributed by atoms with E-state index < -0.39 is 5.41 Å². The lowest BCUT2D eigenvalue weighted by Crippen LogP contribution is -2.16. The third-order valence-corrected chi connectivity index (χ3v) is 2.70. The maximum Gasteiger partial charge on any atom is 0.203 e. The third kappa shape index (κ3) is 3.15. The van der Waals surface area contributed by atoms with E-state index in [4.69, 9.17) is 14.2 Å². The van der Waals surface area contributed by atoms with Gasteiger partial charge in [0.05, 0.1) is 21.3 Å². The van der Waals surface area contributed by atoms with Crippen molar-refractivity contribution in [3.05, 3.63) is 17.7 Å². The summed E-state index contributed by atoms with van der Waals surface area (Å²) in [5, 5.41) is 0. The summed E-state index contributed by atoms with van der Waals surface area (Å²) in [5.74, 6) is 1.77. The minimum absolute atomic E-state index is 0.412. The van der Waals surface area contributed by atoms with Crippen LogP contribution in [0.1, 0.15) is 19.4 Å². The Kier molecular flexibility index (Phi) is 4.59. The van der Waals surface area contributed by atoms with Crippen LogP contribution in [0.4, 0.5) is 0 Å². The van der Waals surface area contributed by atoms with Crippen LogP contribution in [0.15, 0.2) is 12.1 Å². The van der Waals surface area contributed by atoms with Crippen molar-refractivity contribution in [3.8, 4) is 17.2 Å². The summed E-state index contributed by atoms with van der Waals surface area (Å²) in [6.07, 6.45) is 1.57. The first-order chi connectivity index (χ1) is 8.47. The van der Waals surface area contributed by atoms with Crippen molar-refractivity contribution >= 4 is 6.29 Å². The fraction of sp³-hybridized carbons (Fsp3) is 0.500. The Balaban J connectivity index is 3.19. The summed E-state index contributed by atoms with van der Waals surface area (Å²) in [6.45, 7) is 3.78. The normalized spacial score (nSPS) is 10.9. The van der Waals surface area contributed by atoms with Crippen molar-refractivity contribution in [2.75, 3.05) is 21.3 Å². The molecule has 4 nitrogen and oxygen atoms in total. The highest BCUT2D eigenvalue weighted by Gasteiger charge is 2.20. The Morgan fingerprint density at radius 3 is 1.89 bits per heavy atom. The lowest BCUT2D eigenvalue weighted by Gasteiger charge is -2.19. The summed E-state index contributed by atoms with van der Waals surface area (Å²) in [6, 6.07) is 3.74. The van der Waals surface area contributed by atoms with Crippen LogP contribution < -0.4 is 14.2 Å². The van der Waals surface area contributed by atoms with Gasteiger partial charge in [0.2, 0.25) is 5.75 Å². The van der Waals surface area contributed by atoms with Gasteiger partial charge < -0.3 is 19.0 Å². The van der Waals surface area contributed by atoms with Gasteiger partial charge in [-0.2, -0.15) is 0 Å². The van der Waals surface area contributed by atoms with Gasteiger partial charge in [-0.05, 0) is 24.1 Å². The number of methoxy groups -OCH3 is 3. The molecule has 0 amide bonds. The first-order valence-corrected chi connectivity index (χ1v) is 5.72. The zero-order chi connectivity index (χ0) is 13.8. The summed E-state index contributed by atoms with van der Waals surface area (Å²) in [7, 11) is 4.72. The maximum atomic E-state index is 11.0. The highest BCUT2D eigenvalue weighted by atomic mass is 16.5. The van der Waals surface area contributed by atoms with Crippen LogP contribution >= 0.6 is 0 Å². The van der Waals surface area contributed by atoms with Crippen LogP contribution in [0, 0.1) is 5.41 Å². The molecule has 4 heteroatoms. The molecule has 0 unspecified atom stereocenters. The molecule has 1 aromatic rings. The number of ether oxygens (including phenoxy) is 3. The molecule has 0 aliphatic rings. The van der Waals surface area contributed by atoms with Gasteiger partial charge in [0.15, 0.2) is 11.5 Å². The maximum absolute atomic E-state index is 11.0. The van der Waals surface area contributed by atoms with Gasteiger partial charge in [0, 0.05) is 5.41 Å². The Morgan fingerprint density at radius 2 is 1.56 bits per heavy atom. The third-order valence-electron chi connectivity index (χ3n) is 2.70. The van der Waals surface area contributed by atoms with Crippen molar-refractivity contribution in [1.82, 2.24) is 0 Å². The van der Waals surface area contributed by atoms with E-state index in [0.29, 0.717) is 23.7 Å². The second-order valence-corrected chi connectivity index (χ2v) is 4.82. The van der Waals surface area contributed by atoms with Crippen LogP contribution in [0.25, 0.3) is 0 Å². The van der Waals surface area contributed by atoms with E-state index in [1.807, 2.05) is 26.0 Å². The molecule has 0 aliphatic carbocycles. The average molecular weight is 252 g/mol. The van der Waals surface area contributed by atoms with Crippen molar-refractivity contribution in [2.45, 2.75) is 20.3 Å². The number of hydrogen-bond donors (Lipinski definition) is 0. The van der Waals surface area contributed by atoms with Crippen molar-refractivity contribution < 1.29 is 19.0 Å². The van der Waals surface area contributed by atoms with Gasteiger partial charge in [-0.3, -0.25) is 0 Å². The van der Waals surface area contributed by atoms with Gasteiger partial charge >= 0.3 is 0 Å². The summed E-state index contributed by atoms with van der Waals surface area (Å²) in [4.78, 5) is 11.0. The second kappa shape index (κ2) is 5.76. The van der Waals surface area contributed by atoms with Gasteiger partial charge in [-0.1, -0.05) is 13.8 Å². The molecule has 0 saturated carbocycles. The zero-order valence-electron chi connectivity index (χ0n) is 11.6. The van der Waals surface area contributed by atoms with Crippen molar-refractivity contribution in [2.24, 2.45) is 5.41 Å². The van der Waals surface area contributed by atoms with E-state index in [1.54, 1.807) is 21.3 Å². The molecule has 0 fully saturated rings. The van der Waals surface area contributed by atoms with Crippen LogP contribution in [0.3, 0.4) is 0 Å². The lowest BCUT2D eigenvalue weighted by molar-refractivity contribution is -0.114. The minimum atomic E-state index is -0.412. The number of aldehydes is 1. The SMILES string of the molecule is COc1cc(CC(C)(C)C=O)cc(OC)c1OC. The first kappa shape index (κ1) is 14.4. The zero-order valence-corrected chi connectivity index (χ0v) is 11.6. The van der Waals surface area contributed by atoms with Crippen LogP contribution in [-0.2, 0) is 11.2 Å². The monoisotopic (exact) mass is 252 g/mol. The van der Waals surface area contributed by atoms with E-state index in [0.717, 1.165) is 11.8 Å². The van der Waals surface area contributed by atoms with Gasteiger partial charge in [-0.25, -0.2) is 0 Å². The topological polar surface area (TPSA) is 44.8 Å². The molecule has 18 heavy (non-hydrogen) atoms. The van der Waals surface area contributed by atoms with E-state index in [9.17, 15) is 4.79 Å². The fourth-order valence-corrected chi connectivity index (χ4v) is 1.81. The number of benzene rings is 1.